The van der Waals surface area contributed by atoms with Crippen LogP contribution in [0.1, 0.15) is 40.2 Å². The van der Waals surface area contributed by atoms with Gasteiger partial charge >= 0.3 is 5.69 Å². The van der Waals surface area contributed by atoms with Gasteiger partial charge in [0.2, 0.25) is 0 Å². The number of nitro groups is 1. The Labute approximate surface area is 151 Å². The smallest absolute Gasteiger partial charge is 0.312 e. The van der Waals surface area contributed by atoms with Crippen molar-refractivity contribution in [2.24, 2.45) is 11.7 Å². The zero-order valence-electron chi connectivity index (χ0n) is 14.9. The fraction of sp³-hybridized carbons (Fsp3) is 0.444. The predicted octanol–water partition coefficient (Wildman–Crippen LogP) is 1.92. The van der Waals surface area contributed by atoms with Crippen LogP contribution < -0.4 is 11.1 Å². The summed E-state index contributed by atoms with van der Waals surface area (Å²) in [4.78, 5) is 22.9. The molecule has 138 valence electrons. The molecule has 3 N–H and O–H groups in total. The van der Waals surface area contributed by atoms with E-state index >= 15 is 0 Å². The van der Waals surface area contributed by atoms with Crippen LogP contribution in [-0.2, 0) is 6.54 Å². The summed E-state index contributed by atoms with van der Waals surface area (Å²) < 4.78 is 1.61. The molecule has 1 atom stereocenters. The van der Waals surface area contributed by atoms with E-state index < -0.39 is 4.92 Å². The van der Waals surface area contributed by atoms with Gasteiger partial charge in [-0.25, -0.2) is 0 Å². The van der Waals surface area contributed by atoms with Gasteiger partial charge in [0.15, 0.2) is 0 Å². The van der Waals surface area contributed by atoms with Crippen LogP contribution in [-0.4, -0.2) is 33.2 Å². The van der Waals surface area contributed by atoms with E-state index in [0.717, 1.165) is 18.4 Å². The number of nitrogens with one attached hydrogen (secondary N) is 1. The Morgan fingerprint density at radius 3 is 2.58 bits per heavy atom. The lowest BCUT2D eigenvalue weighted by molar-refractivity contribution is -0.386. The van der Waals surface area contributed by atoms with Crippen molar-refractivity contribution in [2.45, 2.75) is 39.3 Å². The number of amides is 1. The molecule has 1 aromatic carbocycles. The summed E-state index contributed by atoms with van der Waals surface area (Å²) in [7, 11) is 0. The Bertz CT molecular complexity index is 824. The molecule has 26 heavy (non-hydrogen) atoms. The summed E-state index contributed by atoms with van der Waals surface area (Å²) in [6, 6.07) is 7.18. The minimum Gasteiger partial charge on any atom is -0.350 e. The van der Waals surface area contributed by atoms with Crippen molar-refractivity contribution < 1.29 is 9.72 Å². The molecule has 0 spiro atoms. The van der Waals surface area contributed by atoms with E-state index in [4.69, 9.17) is 5.73 Å². The molecule has 1 unspecified atom stereocenters. The monoisotopic (exact) mass is 357 g/mol. The largest absolute Gasteiger partial charge is 0.350 e. The number of benzene rings is 1. The van der Waals surface area contributed by atoms with E-state index in [1.807, 2.05) is 12.1 Å². The van der Waals surface area contributed by atoms with Crippen LogP contribution in [0.2, 0.25) is 0 Å². The number of rotatable bonds is 7. The lowest BCUT2D eigenvalue weighted by atomic mass is 10.1. The van der Waals surface area contributed by atoms with Gasteiger partial charge in [-0.2, -0.15) is 5.10 Å². The highest BCUT2D eigenvalue weighted by molar-refractivity contribution is 5.94. The van der Waals surface area contributed by atoms with E-state index in [-0.39, 0.29) is 17.6 Å². The molecule has 2 aromatic rings. The third-order valence-corrected chi connectivity index (χ3v) is 4.80. The van der Waals surface area contributed by atoms with Gasteiger partial charge in [-0.1, -0.05) is 12.1 Å². The minimum atomic E-state index is -0.409. The molecule has 8 nitrogen and oxygen atoms in total. The molecule has 1 amide bonds. The highest BCUT2D eigenvalue weighted by Crippen LogP contribution is 2.31. The maximum atomic E-state index is 12.2. The fourth-order valence-electron chi connectivity index (χ4n) is 3.04. The number of hydrogen-bond donors (Lipinski definition) is 2. The molecule has 1 aliphatic rings. The van der Waals surface area contributed by atoms with Crippen molar-refractivity contribution in [3.05, 3.63) is 56.9 Å². The van der Waals surface area contributed by atoms with Crippen molar-refractivity contribution in [1.29, 1.82) is 0 Å². The predicted molar refractivity (Wildman–Crippen MR) is 96.9 cm³/mol. The second-order valence-electron chi connectivity index (χ2n) is 6.84. The Balaban J connectivity index is 1.63. The van der Waals surface area contributed by atoms with Crippen molar-refractivity contribution in [3.8, 4) is 0 Å². The van der Waals surface area contributed by atoms with Crippen LogP contribution in [0.5, 0.6) is 0 Å². The van der Waals surface area contributed by atoms with Gasteiger partial charge in [-0.15, -0.1) is 0 Å². The Morgan fingerprint density at radius 2 is 2.04 bits per heavy atom. The topological polar surface area (TPSA) is 116 Å². The van der Waals surface area contributed by atoms with Gasteiger partial charge in [-0.05, 0) is 50.3 Å². The van der Waals surface area contributed by atoms with Crippen LogP contribution in [0.15, 0.2) is 24.3 Å². The average Bonchev–Trinajstić information content (AvgIpc) is 3.40. The van der Waals surface area contributed by atoms with E-state index in [1.54, 1.807) is 30.7 Å². The third kappa shape index (κ3) is 3.91. The first-order valence-corrected chi connectivity index (χ1v) is 8.68. The molecule has 1 saturated carbocycles. The van der Waals surface area contributed by atoms with E-state index in [9.17, 15) is 14.9 Å². The molecule has 1 aliphatic carbocycles. The molecular weight excluding hydrogens is 334 g/mol. The second kappa shape index (κ2) is 7.25. The van der Waals surface area contributed by atoms with Gasteiger partial charge in [0, 0.05) is 18.2 Å². The van der Waals surface area contributed by atoms with Gasteiger partial charge in [-0.3, -0.25) is 19.6 Å². The number of hydrogen-bond acceptors (Lipinski definition) is 5. The number of carbonyl (C=O) groups excluding carboxylic acids is 1. The number of nitrogens with zero attached hydrogens (tertiary/aromatic N) is 3. The molecular formula is C18H23N5O3. The lowest BCUT2D eigenvalue weighted by Crippen LogP contribution is -2.38. The third-order valence-electron chi connectivity index (χ3n) is 4.80. The molecule has 8 heteroatoms. The summed E-state index contributed by atoms with van der Waals surface area (Å²) in [5.74, 6) is 0.400. The molecule has 3 rings (SSSR count). The lowest BCUT2D eigenvalue weighted by Gasteiger charge is -2.12. The van der Waals surface area contributed by atoms with Crippen LogP contribution in [0.4, 0.5) is 5.69 Å². The normalized spacial score (nSPS) is 14.9. The first-order valence-electron chi connectivity index (χ1n) is 8.68. The number of carbonyl (C=O) groups is 1. The van der Waals surface area contributed by atoms with Crippen LogP contribution >= 0.6 is 0 Å². The van der Waals surface area contributed by atoms with Crippen LogP contribution in [0, 0.1) is 29.9 Å². The molecule has 1 heterocycles. The number of nitrogens with two attached hydrogens (primary N) is 1. The first-order chi connectivity index (χ1) is 12.4. The van der Waals surface area contributed by atoms with E-state index in [0.29, 0.717) is 36.0 Å². The van der Waals surface area contributed by atoms with Gasteiger partial charge in [0.05, 0.1) is 11.5 Å². The molecule has 1 aromatic heterocycles. The van der Waals surface area contributed by atoms with Crippen molar-refractivity contribution in [3.63, 3.8) is 0 Å². The van der Waals surface area contributed by atoms with Crippen LogP contribution in [0.25, 0.3) is 0 Å². The molecule has 1 fully saturated rings. The average molecular weight is 357 g/mol. The van der Waals surface area contributed by atoms with E-state index in [2.05, 4.69) is 10.4 Å². The highest BCUT2D eigenvalue weighted by Gasteiger charge is 2.28. The van der Waals surface area contributed by atoms with Gasteiger partial charge in [0.25, 0.3) is 5.91 Å². The highest BCUT2D eigenvalue weighted by atomic mass is 16.6. The standard InChI is InChI=1S/C18H23N5O3/c1-11-17(23(25)26)12(2)22(21-11)10-13-3-5-15(6-4-13)18(24)20-9-16(19)14-7-8-14/h3-6,14,16H,7-10,19H2,1-2H3,(H,20,24). The molecule has 0 radical (unpaired) electrons. The fourth-order valence-corrected chi connectivity index (χ4v) is 3.04. The summed E-state index contributed by atoms with van der Waals surface area (Å²) in [5, 5.41) is 18.2. The zero-order chi connectivity index (χ0) is 18.8. The van der Waals surface area contributed by atoms with Crippen LogP contribution in [0.3, 0.4) is 0 Å². The maximum absolute atomic E-state index is 12.2. The first kappa shape index (κ1) is 18.1. The van der Waals surface area contributed by atoms with Gasteiger partial charge in [0.1, 0.15) is 11.4 Å². The summed E-state index contributed by atoms with van der Waals surface area (Å²) in [6.07, 6.45) is 2.30. The Kier molecular flexibility index (Phi) is 5.03. The zero-order valence-corrected chi connectivity index (χ0v) is 14.9. The summed E-state index contributed by atoms with van der Waals surface area (Å²) in [5.41, 5.74) is 8.44. The van der Waals surface area contributed by atoms with Gasteiger partial charge < -0.3 is 11.1 Å². The Hall–Kier alpha value is -2.74. The van der Waals surface area contributed by atoms with E-state index in [1.165, 1.54) is 0 Å². The quantitative estimate of drug-likeness (QED) is 0.580. The van der Waals surface area contributed by atoms with Crippen molar-refractivity contribution >= 4 is 11.6 Å². The molecule has 0 saturated heterocycles. The Morgan fingerprint density at radius 1 is 1.38 bits per heavy atom. The maximum Gasteiger partial charge on any atom is 0.312 e. The van der Waals surface area contributed by atoms with Crippen molar-refractivity contribution in [1.82, 2.24) is 15.1 Å². The van der Waals surface area contributed by atoms with Crippen molar-refractivity contribution in [2.75, 3.05) is 6.54 Å². The summed E-state index contributed by atoms with van der Waals surface area (Å²) >= 11 is 0. The second-order valence-corrected chi connectivity index (χ2v) is 6.84. The SMILES string of the molecule is Cc1nn(Cc2ccc(C(=O)NCC(N)C3CC3)cc2)c(C)c1[N+](=O)[O-]. The number of aryl methyl sites for hydroxylation is 1. The molecule has 0 aliphatic heterocycles. The minimum absolute atomic E-state index is 0.0278. The summed E-state index contributed by atoms with van der Waals surface area (Å²) in [6.45, 7) is 4.21. The number of aromatic nitrogens is 2. The molecule has 0 bridgehead atoms.